The zero-order valence-electron chi connectivity index (χ0n) is 15.1. The lowest BCUT2D eigenvalue weighted by atomic mass is 10.1. The smallest absolute Gasteiger partial charge is 0.243 e. The second-order valence-corrected chi connectivity index (χ2v) is 6.17. The number of carbonyl (C=O) groups excluding carboxylic acids is 2. The van der Waals surface area contributed by atoms with Gasteiger partial charge in [0.25, 0.3) is 0 Å². The number of halogens is 3. The fraction of sp³-hybridized carbons (Fsp3) is 0.263. The maximum atomic E-state index is 13.5. The highest BCUT2D eigenvalue weighted by Crippen LogP contribution is 2.19. The summed E-state index contributed by atoms with van der Waals surface area (Å²) in [5.41, 5.74) is 2.29. The van der Waals surface area contributed by atoms with Crippen LogP contribution in [0.1, 0.15) is 18.1 Å². The Hall–Kier alpha value is -3.03. The quantitative estimate of drug-likeness (QED) is 0.675. The van der Waals surface area contributed by atoms with E-state index in [2.05, 4.69) is 16.0 Å². The van der Waals surface area contributed by atoms with Crippen molar-refractivity contribution in [3.63, 3.8) is 0 Å². The van der Waals surface area contributed by atoms with Crippen LogP contribution in [0.25, 0.3) is 0 Å². The molecule has 0 bridgehead atoms. The number of hydrogen-bond donors (Lipinski definition) is 3. The Bertz CT molecular complexity index is 872. The van der Waals surface area contributed by atoms with E-state index in [4.69, 9.17) is 0 Å². The lowest BCUT2D eigenvalue weighted by Gasteiger charge is -2.17. The van der Waals surface area contributed by atoms with E-state index in [1.165, 1.54) is 0 Å². The van der Waals surface area contributed by atoms with Gasteiger partial charge in [-0.25, -0.2) is 13.2 Å². The average molecular weight is 379 g/mol. The lowest BCUT2D eigenvalue weighted by Crippen LogP contribution is -2.41. The van der Waals surface area contributed by atoms with E-state index in [-0.39, 0.29) is 0 Å². The molecule has 2 aromatic carbocycles. The molecule has 0 heterocycles. The fourth-order valence-corrected chi connectivity index (χ4v) is 2.33. The van der Waals surface area contributed by atoms with Crippen LogP contribution in [-0.4, -0.2) is 24.4 Å². The Balaban J connectivity index is 1.90. The topological polar surface area (TPSA) is 70.2 Å². The Kier molecular flexibility index (Phi) is 6.44. The highest BCUT2D eigenvalue weighted by atomic mass is 19.2. The van der Waals surface area contributed by atoms with Crippen molar-refractivity contribution in [1.82, 2.24) is 5.32 Å². The molecule has 0 saturated carbocycles. The molecule has 5 nitrogen and oxygen atoms in total. The van der Waals surface area contributed by atoms with Crippen LogP contribution in [0.5, 0.6) is 0 Å². The summed E-state index contributed by atoms with van der Waals surface area (Å²) in [6.45, 7) is 5.01. The molecule has 0 aliphatic rings. The summed E-state index contributed by atoms with van der Waals surface area (Å²) in [6, 6.07) is 6.75. The molecule has 0 saturated heterocycles. The van der Waals surface area contributed by atoms with Crippen LogP contribution >= 0.6 is 0 Å². The van der Waals surface area contributed by atoms with Gasteiger partial charge >= 0.3 is 0 Å². The average Bonchev–Trinajstić information content (AvgIpc) is 2.63. The first-order valence-electron chi connectivity index (χ1n) is 8.24. The van der Waals surface area contributed by atoms with Crippen LogP contribution in [0.3, 0.4) is 0 Å². The molecule has 0 aliphatic heterocycles. The third-order valence-corrected chi connectivity index (χ3v) is 3.89. The zero-order chi connectivity index (χ0) is 20.1. The largest absolute Gasteiger partial charge is 0.374 e. The van der Waals surface area contributed by atoms with E-state index < -0.39 is 47.5 Å². The summed E-state index contributed by atoms with van der Waals surface area (Å²) >= 11 is 0. The molecule has 27 heavy (non-hydrogen) atoms. The standard InChI is InChI=1S/C19H20F3N3O2/c1-10-4-5-11(2)15(8-10)24-12(3)19(27)23-9-16(26)25-14-7-6-13(20)17(21)18(14)22/h4-8,12,24H,9H2,1-3H3,(H,23,27)(H,25,26). The highest BCUT2D eigenvalue weighted by molar-refractivity contribution is 5.95. The van der Waals surface area contributed by atoms with Gasteiger partial charge in [-0.2, -0.15) is 0 Å². The zero-order valence-corrected chi connectivity index (χ0v) is 15.1. The molecular formula is C19H20F3N3O2. The van der Waals surface area contributed by atoms with Gasteiger partial charge in [0, 0.05) is 5.69 Å². The van der Waals surface area contributed by atoms with Crippen LogP contribution in [-0.2, 0) is 9.59 Å². The molecule has 2 rings (SSSR count). The van der Waals surface area contributed by atoms with Crippen LogP contribution in [0.4, 0.5) is 24.5 Å². The maximum absolute atomic E-state index is 13.5. The maximum Gasteiger partial charge on any atom is 0.243 e. The second-order valence-electron chi connectivity index (χ2n) is 6.17. The van der Waals surface area contributed by atoms with E-state index >= 15 is 0 Å². The first-order chi connectivity index (χ1) is 12.7. The summed E-state index contributed by atoms with van der Waals surface area (Å²) in [5, 5.41) is 7.53. The highest BCUT2D eigenvalue weighted by Gasteiger charge is 2.17. The van der Waals surface area contributed by atoms with E-state index in [0.29, 0.717) is 6.07 Å². The van der Waals surface area contributed by atoms with Crippen molar-refractivity contribution in [2.75, 3.05) is 17.2 Å². The number of rotatable bonds is 6. The lowest BCUT2D eigenvalue weighted by molar-refractivity contribution is -0.124. The van der Waals surface area contributed by atoms with Crippen molar-refractivity contribution in [3.05, 3.63) is 58.9 Å². The van der Waals surface area contributed by atoms with E-state index in [1.807, 2.05) is 32.0 Å². The van der Waals surface area contributed by atoms with E-state index in [9.17, 15) is 22.8 Å². The normalized spacial score (nSPS) is 11.6. The van der Waals surface area contributed by atoms with Crippen LogP contribution in [0, 0.1) is 31.3 Å². The first kappa shape index (κ1) is 20.3. The molecule has 0 fully saturated rings. The van der Waals surface area contributed by atoms with Gasteiger partial charge in [0.2, 0.25) is 11.8 Å². The number of nitrogens with one attached hydrogen (secondary N) is 3. The summed E-state index contributed by atoms with van der Waals surface area (Å²) in [4.78, 5) is 23.9. The molecular weight excluding hydrogens is 359 g/mol. The molecule has 8 heteroatoms. The SMILES string of the molecule is Cc1ccc(C)c(NC(C)C(=O)NCC(=O)Nc2ccc(F)c(F)c2F)c1. The number of carbonyl (C=O) groups is 2. The molecule has 144 valence electrons. The van der Waals surface area contributed by atoms with Gasteiger partial charge in [-0.3, -0.25) is 9.59 Å². The summed E-state index contributed by atoms with van der Waals surface area (Å²) in [6.07, 6.45) is 0. The van der Waals surface area contributed by atoms with Crippen molar-refractivity contribution >= 4 is 23.2 Å². The van der Waals surface area contributed by atoms with Crippen molar-refractivity contribution < 1.29 is 22.8 Å². The third kappa shape index (κ3) is 5.22. The Morgan fingerprint density at radius 2 is 1.70 bits per heavy atom. The van der Waals surface area contributed by atoms with Crippen molar-refractivity contribution in [1.29, 1.82) is 0 Å². The van der Waals surface area contributed by atoms with Gasteiger partial charge in [0.1, 0.15) is 6.04 Å². The van der Waals surface area contributed by atoms with Gasteiger partial charge in [-0.1, -0.05) is 12.1 Å². The number of benzene rings is 2. The van der Waals surface area contributed by atoms with Gasteiger partial charge in [-0.15, -0.1) is 0 Å². The Morgan fingerprint density at radius 3 is 2.41 bits per heavy atom. The van der Waals surface area contributed by atoms with E-state index in [1.54, 1.807) is 6.92 Å². The number of anilines is 2. The minimum atomic E-state index is -1.68. The predicted octanol–water partition coefficient (Wildman–Crippen LogP) is 3.28. The van der Waals surface area contributed by atoms with Gasteiger partial charge in [0.15, 0.2) is 17.5 Å². The van der Waals surface area contributed by atoms with Crippen molar-refractivity contribution in [2.45, 2.75) is 26.8 Å². The molecule has 3 N–H and O–H groups in total. The minimum absolute atomic E-state index is 0.447. The molecule has 1 unspecified atom stereocenters. The summed E-state index contributed by atoms with van der Waals surface area (Å²) in [5.74, 6) is -5.75. The summed E-state index contributed by atoms with van der Waals surface area (Å²) in [7, 11) is 0. The third-order valence-electron chi connectivity index (χ3n) is 3.89. The number of aryl methyl sites for hydroxylation is 2. The van der Waals surface area contributed by atoms with Crippen molar-refractivity contribution in [3.8, 4) is 0 Å². The second kappa shape index (κ2) is 8.57. The van der Waals surface area contributed by atoms with Crippen LogP contribution < -0.4 is 16.0 Å². The number of hydrogen-bond acceptors (Lipinski definition) is 3. The van der Waals surface area contributed by atoms with Gasteiger partial charge in [-0.05, 0) is 50.1 Å². The van der Waals surface area contributed by atoms with E-state index in [0.717, 1.165) is 22.9 Å². The number of amides is 2. The summed E-state index contributed by atoms with van der Waals surface area (Å²) < 4.78 is 39.6. The molecule has 0 aromatic heterocycles. The van der Waals surface area contributed by atoms with Crippen LogP contribution in [0.15, 0.2) is 30.3 Å². The Labute approximate surface area is 155 Å². The van der Waals surface area contributed by atoms with Crippen molar-refractivity contribution in [2.24, 2.45) is 0 Å². The fourth-order valence-electron chi connectivity index (χ4n) is 2.33. The molecule has 2 aromatic rings. The van der Waals surface area contributed by atoms with Gasteiger partial charge < -0.3 is 16.0 Å². The molecule has 1 atom stereocenters. The Morgan fingerprint density at radius 1 is 1.00 bits per heavy atom. The minimum Gasteiger partial charge on any atom is -0.374 e. The molecule has 0 spiro atoms. The molecule has 2 amide bonds. The first-order valence-corrected chi connectivity index (χ1v) is 8.24. The predicted molar refractivity (Wildman–Crippen MR) is 97.0 cm³/mol. The molecule has 0 aliphatic carbocycles. The van der Waals surface area contributed by atoms with Crippen LogP contribution in [0.2, 0.25) is 0 Å². The van der Waals surface area contributed by atoms with Gasteiger partial charge in [0.05, 0.1) is 12.2 Å². The monoisotopic (exact) mass is 379 g/mol. The molecule has 0 radical (unpaired) electrons.